The van der Waals surface area contributed by atoms with Crippen molar-refractivity contribution < 1.29 is 0 Å². The maximum Gasteiger partial charge on any atom is 0.0717 e. The van der Waals surface area contributed by atoms with Gasteiger partial charge in [0, 0.05) is 11.9 Å². The van der Waals surface area contributed by atoms with E-state index in [0.717, 1.165) is 5.69 Å². The van der Waals surface area contributed by atoms with E-state index in [0.29, 0.717) is 5.69 Å². The van der Waals surface area contributed by atoms with Crippen molar-refractivity contribution >= 4 is 11.4 Å². The summed E-state index contributed by atoms with van der Waals surface area (Å²) in [5.74, 6) is 0. The Morgan fingerprint density at radius 1 is 1.06 bits per heavy atom. The van der Waals surface area contributed by atoms with E-state index in [1.165, 1.54) is 31.2 Å². The van der Waals surface area contributed by atoms with Crippen LogP contribution in [0.2, 0.25) is 0 Å². The van der Waals surface area contributed by atoms with Crippen LogP contribution in [0, 0.1) is 0 Å². The van der Waals surface area contributed by atoms with Crippen LogP contribution in [0.4, 0.5) is 11.4 Å². The number of nitrogens with one attached hydrogen (secondary N) is 1. The third-order valence-corrected chi connectivity index (χ3v) is 2.57. The monoisotopic (exact) mass is 246 g/mol. The van der Waals surface area contributed by atoms with Crippen LogP contribution < -0.4 is 11.5 Å². The Morgan fingerprint density at radius 3 is 2.22 bits per heavy atom. The summed E-state index contributed by atoms with van der Waals surface area (Å²) in [4.78, 5) is 0. The third-order valence-electron chi connectivity index (χ3n) is 2.57. The number of nitrogens with two attached hydrogens (primary N) is 2. The second kappa shape index (κ2) is 8.17. The highest BCUT2D eigenvalue weighted by atomic mass is 15.1. The minimum absolute atomic E-state index is 0.676. The normalized spacial score (nSPS) is 9.61. The van der Waals surface area contributed by atoms with E-state index in [9.17, 15) is 0 Å². The number of benzene rings is 1. The van der Waals surface area contributed by atoms with E-state index in [2.05, 4.69) is 29.3 Å². The molecule has 0 aliphatic heterocycles. The van der Waals surface area contributed by atoms with Crippen LogP contribution in [-0.2, 0) is 6.42 Å². The lowest BCUT2D eigenvalue weighted by atomic mass is 10.1. The van der Waals surface area contributed by atoms with E-state index in [1.54, 1.807) is 12.4 Å². The van der Waals surface area contributed by atoms with Crippen molar-refractivity contribution in [1.29, 1.82) is 0 Å². The first kappa shape index (κ1) is 14.1. The molecule has 4 nitrogen and oxygen atoms in total. The van der Waals surface area contributed by atoms with Crippen molar-refractivity contribution in [2.24, 2.45) is 0 Å². The van der Waals surface area contributed by atoms with Crippen LogP contribution in [0.5, 0.6) is 0 Å². The number of hydrogen-bond acceptors (Lipinski definition) is 3. The fraction of sp³-hybridized carbons (Fsp3) is 0.357. The minimum Gasteiger partial charge on any atom is -0.399 e. The summed E-state index contributed by atoms with van der Waals surface area (Å²) in [7, 11) is 0. The molecule has 0 radical (unpaired) electrons. The van der Waals surface area contributed by atoms with E-state index >= 15 is 0 Å². The number of unbranched alkanes of at least 4 members (excludes halogenated alkanes) is 2. The molecule has 18 heavy (non-hydrogen) atoms. The summed E-state index contributed by atoms with van der Waals surface area (Å²) >= 11 is 0. The van der Waals surface area contributed by atoms with E-state index in [-0.39, 0.29) is 0 Å². The molecule has 0 spiro atoms. The Balaban J connectivity index is 0.000000225. The van der Waals surface area contributed by atoms with Crippen LogP contribution in [0.25, 0.3) is 0 Å². The average molecular weight is 246 g/mol. The van der Waals surface area contributed by atoms with Gasteiger partial charge < -0.3 is 11.5 Å². The van der Waals surface area contributed by atoms with Gasteiger partial charge in [0.05, 0.1) is 11.9 Å². The van der Waals surface area contributed by atoms with Crippen LogP contribution in [-0.4, -0.2) is 10.2 Å². The standard InChI is InChI=1S/C11H17N.C3H5N3/c1-2-3-4-5-10-6-8-11(12)9-7-10;4-3-1-5-6-2-3/h6-9H,2-5,12H2,1H3;1-2H,4H2,(H,5,6). The lowest BCUT2D eigenvalue weighted by Gasteiger charge is -2.00. The lowest BCUT2D eigenvalue weighted by molar-refractivity contribution is 0.717. The van der Waals surface area contributed by atoms with Gasteiger partial charge in [0.2, 0.25) is 0 Å². The molecule has 2 aromatic rings. The topological polar surface area (TPSA) is 80.7 Å². The zero-order valence-electron chi connectivity index (χ0n) is 10.9. The van der Waals surface area contributed by atoms with Gasteiger partial charge in [-0.3, -0.25) is 5.10 Å². The van der Waals surface area contributed by atoms with Crippen molar-refractivity contribution in [3.05, 3.63) is 42.2 Å². The molecule has 0 atom stereocenters. The Kier molecular flexibility index (Phi) is 6.40. The van der Waals surface area contributed by atoms with Gasteiger partial charge in [-0.15, -0.1) is 0 Å². The predicted molar refractivity (Wildman–Crippen MR) is 77.1 cm³/mol. The zero-order valence-corrected chi connectivity index (χ0v) is 10.9. The van der Waals surface area contributed by atoms with Crippen molar-refractivity contribution in [1.82, 2.24) is 10.2 Å². The summed E-state index contributed by atoms with van der Waals surface area (Å²) in [6, 6.07) is 8.18. The largest absolute Gasteiger partial charge is 0.399 e. The molecular formula is C14H22N4. The van der Waals surface area contributed by atoms with Crippen LogP contribution >= 0.6 is 0 Å². The first-order valence-electron chi connectivity index (χ1n) is 6.31. The van der Waals surface area contributed by atoms with Gasteiger partial charge in [-0.25, -0.2) is 0 Å². The Morgan fingerprint density at radius 2 is 1.78 bits per heavy atom. The molecule has 4 heteroatoms. The summed E-state index contributed by atoms with van der Waals surface area (Å²) in [6.45, 7) is 2.23. The Bertz CT molecular complexity index is 406. The van der Waals surface area contributed by atoms with Gasteiger partial charge in [0.1, 0.15) is 0 Å². The molecule has 0 fully saturated rings. The van der Waals surface area contributed by atoms with Crippen molar-refractivity contribution in [2.45, 2.75) is 32.6 Å². The molecular weight excluding hydrogens is 224 g/mol. The smallest absolute Gasteiger partial charge is 0.0717 e. The number of hydrogen-bond donors (Lipinski definition) is 3. The van der Waals surface area contributed by atoms with Gasteiger partial charge in [-0.2, -0.15) is 5.10 Å². The number of nitrogens with zero attached hydrogens (tertiary/aromatic N) is 1. The summed E-state index contributed by atoms with van der Waals surface area (Å²) in [5.41, 5.74) is 13.7. The first-order valence-corrected chi connectivity index (χ1v) is 6.31. The number of rotatable bonds is 4. The number of aromatic nitrogens is 2. The molecule has 1 heterocycles. The SMILES string of the molecule is CCCCCc1ccc(N)cc1.Nc1cn[nH]c1. The molecule has 0 bridgehead atoms. The molecule has 1 aromatic carbocycles. The number of aryl methyl sites for hydroxylation is 1. The number of nitrogen functional groups attached to an aromatic ring is 2. The van der Waals surface area contributed by atoms with Crippen molar-refractivity contribution in [3.63, 3.8) is 0 Å². The minimum atomic E-state index is 0.676. The Labute approximate surface area is 108 Å². The van der Waals surface area contributed by atoms with Gasteiger partial charge in [0.15, 0.2) is 0 Å². The number of anilines is 2. The van der Waals surface area contributed by atoms with Crippen LogP contribution in [0.3, 0.4) is 0 Å². The fourth-order valence-electron chi connectivity index (χ4n) is 1.52. The summed E-state index contributed by atoms with van der Waals surface area (Å²) in [5, 5.41) is 6.13. The lowest BCUT2D eigenvalue weighted by Crippen LogP contribution is -1.87. The molecule has 0 aliphatic rings. The molecule has 0 aliphatic carbocycles. The summed E-state index contributed by atoms with van der Waals surface area (Å²) < 4.78 is 0. The van der Waals surface area contributed by atoms with Gasteiger partial charge >= 0.3 is 0 Å². The van der Waals surface area contributed by atoms with E-state index < -0.39 is 0 Å². The van der Waals surface area contributed by atoms with Crippen LogP contribution in [0.15, 0.2) is 36.7 Å². The molecule has 5 N–H and O–H groups in total. The maximum atomic E-state index is 5.58. The molecule has 1 aromatic heterocycles. The average Bonchev–Trinajstić information content (AvgIpc) is 2.84. The second-order valence-electron chi connectivity index (χ2n) is 4.23. The van der Waals surface area contributed by atoms with Crippen molar-refractivity contribution in [2.75, 3.05) is 11.5 Å². The first-order chi connectivity index (χ1) is 8.72. The van der Waals surface area contributed by atoms with Gasteiger partial charge in [0.25, 0.3) is 0 Å². The second-order valence-corrected chi connectivity index (χ2v) is 4.23. The summed E-state index contributed by atoms with van der Waals surface area (Å²) in [6.07, 6.45) is 8.27. The highest BCUT2D eigenvalue weighted by Crippen LogP contribution is 2.09. The third kappa shape index (κ3) is 5.94. The zero-order chi connectivity index (χ0) is 13.2. The van der Waals surface area contributed by atoms with E-state index in [4.69, 9.17) is 11.5 Å². The quantitative estimate of drug-likeness (QED) is 0.573. The molecule has 98 valence electrons. The predicted octanol–water partition coefficient (Wildman–Crippen LogP) is 2.99. The molecule has 2 rings (SSSR count). The highest BCUT2D eigenvalue weighted by molar-refractivity contribution is 5.39. The molecule has 0 saturated carbocycles. The fourth-order valence-corrected chi connectivity index (χ4v) is 1.52. The molecule has 0 saturated heterocycles. The van der Waals surface area contributed by atoms with E-state index in [1.807, 2.05) is 12.1 Å². The van der Waals surface area contributed by atoms with Crippen molar-refractivity contribution in [3.8, 4) is 0 Å². The number of H-pyrrole nitrogens is 1. The Hall–Kier alpha value is -1.97. The molecule has 0 amide bonds. The molecule has 0 unspecified atom stereocenters. The van der Waals surface area contributed by atoms with Gasteiger partial charge in [-0.1, -0.05) is 31.9 Å². The van der Waals surface area contributed by atoms with Gasteiger partial charge in [-0.05, 0) is 30.5 Å². The number of aromatic amines is 1. The maximum absolute atomic E-state index is 5.58. The highest BCUT2D eigenvalue weighted by Gasteiger charge is 1.91. The van der Waals surface area contributed by atoms with Crippen LogP contribution in [0.1, 0.15) is 31.7 Å².